The Morgan fingerprint density at radius 2 is 2.18 bits per heavy atom. The predicted molar refractivity (Wildman–Crippen MR) is 67.3 cm³/mol. The summed E-state index contributed by atoms with van der Waals surface area (Å²) in [5.74, 6) is 0.682. The molecule has 0 aromatic heterocycles. The Kier molecular flexibility index (Phi) is 5.80. The van der Waals surface area contributed by atoms with E-state index < -0.39 is 0 Å². The molecule has 0 saturated carbocycles. The highest BCUT2D eigenvalue weighted by atomic mass is 16.5. The van der Waals surface area contributed by atoms with Crippen LogP contribution in [-0.4, -0.2) is 29.5 Å². The number of ether oxygens (including phenoxy) is 1. The van der Waals surface area contributed by atoms with Crippen molar-refractivity contribution < 1.29 is 14.9 Å². The molecule has 4 nitrogen and oxygen atoms in total. The second kappa shape index (κ2) is 7.14. The van der Waals surface area contributed by atoms with E-state index in [1.54, 1.807) is 13.0 Å². The van der Waals surface area contributed by atoms with E-state index in [1.165, 1.54) is 0 Å². The first kappa shape index (κ1) is 13.8. The Hall–Kier alpha value is -1.26. The molecule has 96 valence electrons. The molecule has 1 atom stereocenters. The Balaban J connectivity index is 2.45. The molecule has 0 fully saturated rings. The van der Waals surface area contributed by atoms with Crippen LogP contribution in [0.25, 0.3) is 0 Å². The summed E-state index contributed by atoms with van der Waals surface area (Å²) in [7, 11) is 0. The molecule has 0 aliphatic heterocycles. The molecule has 1 unspecified atom stereocenters. The molecule has 3 N–H and O–H groups in total. The topological polar surface area (TPSA) is 61.7 Å². The van der Waals surface area contributed by atoms with Crippen LogP contribution in [0, 0.1) is 0 Å². The number of phenolic OH excluding ortho intramolecular Hbond substituents is 1. The van der Waals surface area contributed by atoms with E-state index in [4.69, 9.17) is 9.84 Å². The highest BCUT2D eigenvalue weighted by Gasteiger charge is 2.03. The Bertz CT molecular complexity index is 339. The van der Waals surface area contributed by atoms with Gasteiger partial charge in [0.1, 0.15) is 0 Å². The van der Waals surface area contributed by atoms with Crippen molar-refractivity contribution in [1.82, 2.24) is 5.32 Å². The molecule has 0 bridgehead atoms. The zero-order valence-electron chi connectivity index (χ0n) is 10.4. The van der Waals surface area contributed by atoms with Gasteiger partial charge in [0.05, 0.1) is 12.7 Å². The SMILES string of the molecule is CCOc1cc(CNCCC(C)O)ccc1O. The third-order valence-electron chi connectivity index (χ3n) is 2.39. The fourth-order valence-electron chi connectivity index (χ4n) is 1.48. The molecular formula is C13H21NO3. The third-order valence-corrected chi connectivity index (χ3v) is 2.39. The van der Waals surface area contributed by atoms with E-state index in [0.29, 0.717) is 18.9 Å². The fourth-order valence-corrected chi connectivity index (χ4v) is 1.48. The Labute approximate surface area is 102 Å². The van der Waals surface area contributed by atoms with Gasteiger partial charge in [0.2, 0.25) is 0 Å². The van der Waals surface area contributed by atoms with Gasteiger partial charge in [-0.05, 0) is 44.5 Å². The van der Waals surface area contributed by atoms with Crippen molar-refractivity contribution in [3.05, 3.63) is 23.8 Å². The molecule has 4 heteroatoms. The summed E-state index contributed by atoms with van der Waals surface area (Å²) in [5.41, 5.74) is 1.05. The summed E-state index contributed by atoms with van der Waals surface area (Å²) in [6.07, 6.45) is 0.456. The molecule has 0 amide bonds. The summed E-state index contributed by atoms with van der Waals surface area (Å²) in [6.45, 7) is 5.66. The maximum atomic E-state index is 9.53. The van der Waals surface area contributed by atoms with Gasteiger partial charge >= 0.3 is 0 Å². The van der Waals surface area contributed by atoms with Gasteiger partial charge in [0.15, 0.2) is 11.5 Å². The van der Waals surface area contributed by atoms with Crippen molar-refractivity contribution >= 4 is 0 Å². The van der Waals surface area contributed by atoms with Crippen molar-refractivity contribution in [2.75, 3.05) is 13.2 Å². The van der Waals surface area contributed by atoms with Crippen molar-refractivity contribution in [3.63, 3.8) is 0 Å². The normalized spacial score (nSPS) is 12.4. The smallest absolute Gasteiger partial charge is 0.161 e. The number of nitrogens with one attached hydrogen (secondary N) is 1. The highest BCUT2D eigenvalue weighted by molar-refractivity contribution is 5.41. The zero-order valence-corrected chi connectivity index (χ0v) is 10.4. The van der Waals surface area contributed by atoms with Gasteiger partial charge in [-0.2, -0.15) is 0 Å². The van der Waals surface area contributed by atoms with Crippen LogP contribution in [0.2, 0.25) is 0 Å². The molecular weight excluding hydrogens is 218 g/mol. The summed E-state index contributed by atoms with van der Waals surface area (Å²) in [5, 5.41) is 21.9. The van der Waals surface area contributed by atoms with E-state index in [-0.39, 0.29) is 11.9 Å². The summed E-state index contributed by atoms with van der Waals surface area (Å²) in [4.78, 5) is 0. The van der Waals surface area contributed by atoms with Crippen molar-refractivity contribution in [3.8, 4) is 11.5 Å². The van der Waals surface area contributed by atoms with Crippen LogP contribution < -0.4 is 10.1 Å². The molecule has 0 saturated heterocycles. The van der Waals surface area contributed by atoms with Crippen LogP contribution >= 0.6 is 0 Å². The molecule has 0 aliphatic rings. The van der Waals surface area contributed by atoms with Gasteiger partial charge < -0.3 is 20.3 Å². The number of hydrogen-bond acceptors (Lipinski definition) is 4. The van der Waals surface area contributed by atoms with Gasteiger partial charge in [0, 0.05) is 6.54 Å². The minimum Gasteiger partial charge on any atom is -0.504 e. The first-order valence-corrected chi connectivity index (χ1v) is 5.97. The maximum Gasteiger partial charge on any atom is 0.161 e. The van der Waals surface area contributed by atoms with E-state index in [2.05, 4.69) is 5.32 Å². The van der Waals surface area contributed by atoms with E-state index in [9.17, 15) is 5.11 Å². The van der Waals surface area contributed by atoms with E-state index >= 15 is 0 Å². The first-order chi connectivity index (χ1) is 8.13. The molecule has 0 spiro atoms. The quantitative estimate of drug-likeness (QED) is 0.633. The molecule has 1 rings (SSSR count). The number of aliphatic hydroxyl groups excluding tert-OH is 1. The van der Waals surface area contributed by atoms with Crippen LogP contribution in [0.5, 0.6) is 11.5 Å². The second-order valence-corrected chi connectivity index (χ2v) is 4.05. The van der Waals surface area contributed by atoms with Gasteiger partial charge in [-0.1, -0.05) is 6.07 Å². The Morgan fingerprint density at radius 3 is 2.82 bits per heavy atom. The van der Waals surface area contributed by atoms with Crippen LogP contribution in [0.1, 0.15) is 25.8 Å². The molecule has 17 heavy (non-hydrogen) atoms. The molecule has 1 aromatic rings. The summed E-state index contributed by atoms with van der Waals surface area (Å²) in [6, 6.07) is 5.32. The van der Waals surface area contributed by atoms with Gasteiger partial charge in [0.25, 0.3) is 0 Å². The largest absolute Gasteiger partial charge is 0.504 e. The fraction of sp³-hybridized carbons (Fsp3) is 0.538. The summed E-state index contributed by atoms with van der Waals surface area (Å²) >= 11 is 0. The standard InChI is InChI=1S/C13H21NO3/c1-3-17-13-8-11(4-5-12(13)16)9-14-7-6-10(2)15/h4-5,8,10,14-16H,3,6-7,9H2,1-2H3. The monoisotopic (exact) mass is 239 g/mol. The van der Waals surface area contributed by atoms with Crippen LogP contribution in [0.4, 0.5) is 0 Å². The van der Waals surface area contributed by atoms with E-state index in [0.717, 1.165) is 18.5 Å². The van der Waals surface area contributed by atoms with E-state index in [1.807, 2.05) is 19.1 Å². The maximum absolute atomic E-state index is 9.53. The van der Waals surface area contributed by atoms with Gasteiger partial charge in [-0.15, -0.1) is 0 Å². The second-order valence-electron chi connectivity index (χ2n) is 4.05. The molecule has 0 heterocycles. The molecule has 1 aromatic carbocycles. The molecule has 0 radical (unpaired) electrons. The van der Waals surface area contributed by atoms with Crippen LogP contribution in [0.15, 0.2) is 18.2 Å². The zero-order chi connectivity index (χ0) is 12.7. The lowest BCUT2D eigenvalue weighted by molar-refractivity contribution is 0.183. The number of benzene rings is 1. The van der Waals surface area contributed by atoms with Crippen LogP contribution in [-0.2, 0) is 6.54 Å². The Morgan fingerprint density at radius 1 is 1.41 bits per heavy atom. The minimum atomic E-state index is -0.277. The molecule has 0 aliphatic carbocycles. The number of aromatic hydroxyl groups is 1. The number of hydrogen-bond donors (Lipinski definition) is 3. The average Bonchev–Trinajstić information content (AvgIpc) is 2.28. The number of rotatable bonds is 7. The number of aliphatic hydroxyl groups is 1. The highest BCUT2D eigenvalue weighted by Crippen LogP contribution is 2.26. The van der Waals surface area contributed by atoms with Crippen LogP contribution in [0.3, 0.4) is 0 Å². The van der Waals surface area contributed by atoms with Crippen molar-refractivity contribution in [2.45, 2.75) is 32.9 Å². The minimum absolute atomic E-state index is 0.166. The predicted octanol–water partition coefficient (Wildman–Crippen LogP) is 1.65. The lowest BCUT2D eigenvalue weighted by atomic mass is 10.2. The van der Waals surface area contributed by atoms with Gasteiger partial charge in [-0.3, -0.25) is 0 Å². The average molecular weight is 239 g/mol. The lowest BCUT2D eigenvalue weighted by Crippen LogP contribution is -2.18. The number of phenols is 1. The third kappa shape index (κ3) is 5.06. The lowest BCUT2D eigenvalue weighted by Gasteiger charge is -2.10. The van der Waals surface area contributed by atoms with Crippen molar-refractivity contribution in [1.29, 1.82) is 0 Å². The first-order valence-electron chi connectivity index (χ1n) is 5.97. The van der Waals surface area contributed by atoms with Crippen molar-refractivity contribution in [2.24, 2.45) is 0 Å². The summed E-state index contributed by atoms with van der Waals surface area (Å²) < 4.78 is 5.30. The van der Waals surface area contributed by atoms with Gasteiger partial charge in [-0.25, -0.2) is 0 Å².